The molecule has 3 aromatic carbocycles. The highest BCUT2D eigenvalue weighted by atomic mass is 16.5. The summed E-state index contributed by atoms with van der Waals surface area (Å²) < 4.78 is 11.1. The van der Waals surface area contributed by atoms with Gasteiger partial charge in [-0.25, -0.2) is 9.59 Å². The third-order valence-electron chi connectivity index (χ3n) is 5.53. The first kappa shape index (κ1) is 25.5. The van der Waals surface area contributed by atoms with Gasteiger partial charge in [-0.2, -0.15) is 0 Å². The van der Waals surface area contributed by atoms with E-state index in [9.17, 15) is 4.79 Å². The number of methoxy groups -OCH3 is 1. The van der Waals surface area contributed by atoms with Crippen molar-refractivity contribution in [2.24, 2.45) is 0 Å². The number of hydrogen-bond acceptors (Lipinski definition) is 6. The highest BCUT2D eigenvalue weighted by molar-refractivity contribution is 6.27. The molecular weight excluding hydrogens is 452 g/mol. The van der Waals surface area contributed by atoms with E-state index in [1.165, 1.54) is 10.9 Å². The Morgan fingerprint density at radius 2 is 1.49 bits per heavy atom. The average Bonchev–Trinajstić information content (AvgIpc) is 2.88. The van der Waals surface area contributed by atoms with Crippen LogP contribution in [0.4, 0.5) is 0 Å². The van der Waals surface area contributed by atoms with Crippen LogP contribution in [0.2, 0.25) is 0 Å². The third-order valence-corrected chi connectivity index (χ3v) is 5.53. The second-order valence-electron chi connectivity index (χ2n) is 7.92. The zero-order valence-corrected chi connectivity index (χ0v) is 19.4. The second-order valence-corrected chi connectivity index (χ2v) is 7.92. The van der Waals surface area contributed by atoms with Gasteiger partial charge in [-0.1, -0.05) is 42.5 Å². The Balaban J connectivity index is 0.000000509. The molecule has 1 saturated heterocycles. The van der Waals surface area contributed by atoms with Crippen LogP contribution in [0.15, 0.2) is 66.7 Å². The van der Waals surface area contributed by atoms with Gasteiger partial charge in [0, 0.05) is 32.7 Å². The first-order valence-corrected chi connectivity index (χ1v) is 11.1. The zero-order valence-electron chi connectivity index (χ0n) is 19.4. The Morgan fingerprint density at radius 1 is 0.800 bits per heavy atom. The monoisotopic (exact) mass is 480 g/mol. The van der Waals surface area contributed by atoms with Gasteiger partial charge in [0.25, 0.3) is 5.91 Å². The van der Waals surface area contributed by atoms with E-state index in [2.05, 4.69) is 23.1 Å². The molecule has 0 atom stereocenters. The Kier molecular flexibility index (Phi) is 9.02. The number of nitrogens with zero attached hydrogens (tertiary/aromatic N) is 2. The molecule has 0 saturated carbocycles. The lowest BCUT2D eigenvalue weighted by molar-refractivity contribution is -0.159. The van der Waals surface area contributed by atoms with Gasteiger partial charge in [-0.3, -0.25) is 9.69 Å². The fourth-order valence-electron chi connectivity index (χ4n) is 3.68. The summed E-state index contributed by atoms with van der Waals surface area (Å²) >= 11 is 0. The Morgan fingerprint density at radius 3 is 2.14 bits per heavy atom. The number of aliphatic carboxylic acids is 2. The van der Waals surface area contributed by atoms with Crippen molar-refractivity contribution in [2.45, 2.75) is 6.54 Å². The number of carboxylic acid groups (broad SMARTS) is 2. The fourth-order valence-corrected chi connectivity index (χ4v) is 3.68. The largest absolute Gasteiger partial charge is 0.497 e. The van der Waals surface area contributed by atoms with E-state index >= 15 is 0 Å². The minimum atomic E-state index is -1.82. The van der Waals surface area contributed by atoms with Crippen molar-refractivity contribution in [3.8, 4) is 11.5 Å². The summed E-state index contributed by atoms with van der Waals surface area (Å²) in [7, 11) is 1.68. The maximum absolute atomic E-state index is 12.5. The van der Waals surface area contributed by atoms with Crippen LogP contribution in [0.3, 0.4) is 0 Å². The molecule has 9 heteroatoms. The maximum atomic E-state index is 12.5. The maximum Gasteiger partial charge on any atom is 0.414 e. The summed E-state index contributed by atoms with van der Waals surface area (Å²) in [5.74, 6) is -2.00. The highest BCUT2D eigenvalue weighted by Gasteiger charge is 2.21. The average molecular weight is 481 g/mol. The Bertz CT molecular complexity index is 1160. The van der Waals surface area contributed by atoms with E-state index in [-0.39, 0.29) is 12.5 Å². The van der Waals surface area contributed by atoms with Crippen molar-refractivity contribution >= 4 is 28.6 Å². The molecule has 1 heterocycles. The summed E-state index contributed by atoms with van der Waals surface area (Å²) in [6.45, 7) is 4.12. The number of carboxylic acids is 2. The van der Waals surface area contributed by atoms with E-state index in [1.807, 2.05) is 53.4 Å². The number of amides is 1. The van der Waals surface area contributed by atoms with Gasteiger partial charge >= 0.3 is 11.9 Å². The van der Waals surface area contributed by atoms with E-state index in [1.54, 1.807) is 7.11 Å². The van der Waals surface area contributed by atoms with Crippen molar-refractivity contribution in [1.29, 1.82) is 0 Å². The van der Waals surface area contributed by atoms with Gasteiger partial charge in [0.05, 0.1) is 7.11 Å². The predicted molar refractivity (Wildman–Crippen MR) is 130 cm³/mol. The normalized spacial score (nSPS) is 13.5. The van der Waals surface area contributed by atoms with Crippen molar-refractivity contribution in [3.05, 3.63) is 72.3 Å². The lowest BCUT2D eigenvalue weighted by Gasteiger charge is -2.34. The van der Waals surface area contributed by atoms with E-state index in [4.69, 9.17) is 29.3 Å². The molecule has 35 heavy (non-hydrogen) atoms. The van der Waals surface area contributed by atoms with Crippen LogP contribution in [0.5, 0.6) is 11.5 Å². The molecule has 0 aromatic heterocycles. The van der Waals surface area contributed by atoms with Gasteiger partial charge in [0.15, 0.2) is 6.61 Å². The molecule has 3 aromatic rings. The molecule has 0 aliphatic carbocycles. The van der Waals surface area contributed by atoms with Gasteiger partial charge in [-0.15, -0.1) is 0 Å². The van der Waals surface area contributed by atoms with Crippen LogP contribution in [-0.2, 0) is 20.9 Å². The lowest BCUT2D eigenvalue weighted by atomic mass is 10.1. The third kappa shape index (κ3) is 7.72. The van der Waals surface area contributed by atoms with Gasteiger partial charge in [0.1, 0.15) is 11.5 Å². The molecule has 0 spiro atoms. The Hall–Kier alpha value is -4.11. The van der Waals surface area contributed by atoms with Crippen LogP contribution in [0.25, 0.3) is 10.8 Å². The minimum absolute atomic E-state index is 0.0409. The lowest BCUT2D eigenvalue weighted by Crippen LogP contribution is -2.49. The van der Waals surface area contributed by atoms with Crippen LogP contribution in [0, 0.1) is 0 Å². The molecule has 9 nitrogen and oxygen atoms in total. The topological polar surface area (TPSA) is 117 Å². The number of hydrogen-bond donors (Lipinski definition) is 2. The summed E-state index contributed by atoms with van der Waals surface area (Å²) in [5.41, 5.74) is 1.23. The summed E-state index contributed by atoms with van der Waals surface area (Å²) in [4.78, 5) is 35.0. The van der Waals surface area contributed by atoms with Gasteiger partial charge in [-0.05, 0) is 40.6 Å². The van der Waals surface area contributed by atoms with E-state index < -0.39 is 11.9 Å². The standard InChI is InChI=1S/C24H26N2O3.C2H2O4/c1-28-22-8-4-5-19(15-22)17-25-11-13-26(14-12-25)24(27)18-29-23-10-9-20-6-2-3-7-21(20)16-23;3-1(4)2(5)6/h2-10,15-16H,11-14,17-18H2,1H3;(H,3,4)(H,5,6). The number of rotatable bonds is 6. The summed E-state index contributed by atoms with van der Waals surface area (Å²) in [5, 5.41) is 17.1. The van der Waals surface area contributed by atoms with Crippen LogP contribution in [-0.4, -0.2) is 77.8 Å². The van der Waals surface area contributed by atoms with Gasteiger partial charge < -0.3 is 24.6 Å². The summed E-state index contributed by atoms with van der Waals surface area (Å²) in [6, 6.07) is 22.2. The molecule has 1 amide bonds. The van der Waals surface area contributed by atoms with Crippen LogP contribution < -0.4 is 9.47 Å². The number of piperazine rings is 1. The highest BCUT2D eigenvalue weighted by Crippen LogP contribution is 2.21. The van der Waals surface area contributed by atoms with E-state index in [0.717, 1.165) is 49.6 Å². The Labute approximate surface area is 203 Å². The molecule has 0 bridgehead atoms. The minimum Gasteiger partial charge on any atom is -0.497 e. The van der Waals surface area contributed by atoms with Crippen LogP contribution in [0.1, 0.15) is 5.56 Å². The first-order valence-electron chi connectivity index (χ1n) is 11.1. The molecule has 2 N–H and O–H groups in total. The van der Waals surface area contributed by atoms with Crippen LogP contribution >= 0.6 is 0 Å². The first-order chi connectivity index (χ1) is 16.9. The van der Waals surface area contributed by atoms with Crippen molar-refractivity contribution in [2.75, 3.05) is 39.9 Å². The number of benzene rings is 3. The van der Waals surface area contributed by atoms with Crippen molar-refractivity contribution in [1.82, 2.24) is 9.80 Å². The molecule has 184 valence electrons. The second kappa shape index (κ2) is 12.4. The molecule has 1 aliphatic heterocycles. The number of ether oxygens (including phenoxy) is 2. The SMILES string of the molecule is COc1cccc(CN2CCN(C(=O)COc3ccc4ccccc4c3)CC2)c1.O=C(O)C(=O)O. The number of fused-ring (bicyclic) bond motifs is 1. The molecule has 1 fully saturated rings. The van der Waals surface area contributed by atoms with Crippen molar-refractivity contribution < 1.29 is 34.1 Å². The van der Waals surface area contributed by atoms with E-state index in [0.29, 0.717) is 0 Å². The molecule has 0 unspecified atom stereocenters. The zero-order chi connectivity index (χ0) is 25.2. The quantitative estimate of drug-likeness (QED) is 0.518. The molecular formula is C26H28N2O7. The van der Waals surface area contributed by atoms with Gasteiger partial charge in [0.2, 0.25) is 0 Å². The predicted octanol–water partition coefficient (Wildman–Crippen LogP) is 2.73. The molecule has 4 rings (SSSR count). The number of carbonyl (C=O) groups is 3. The number of carbonyl (C=O) groups excluding carboxylic acids is 1. The smallest absolute Gasteiger partial charge is 0.414 e. The van der Waals surface area contributed by atoms with Crippen molar-refractivity contribution in [3.63, 3.8) is 0 Å². The molecule has 0 radical (unpaired) electrons. The summed E-state index contributed by atoms with van der Waals surface area (Å²) in [6.07, 6.45) is 0. The molecule has 1 aliphatic rings. The fraction of sp³-hybridized carbons (Fsp3) is 0.269.